The minimum absolute atomic E-state index is 0.0946. The average molecular weight is 607 g/mol. The SMILES string of the molecule is CCOc1cc(/C=C(\C#N)C(=O)Nc2cc(Cl)ccc2Cl)cc(I)c1OCc1ccccc1C. The van der Waals surface area contributed by atoms with E-state index in [2.05, 4.69) is 27.9 Å². The van der Waals surface area contributed by atoms with E-state index in [4.69, 9.17) is 32.7 Å². The van der Waals surface area contributed by atoms with E-state index in [9.17, 15) is 10.1 Å². The largest absolute Gasteiger partial charge is 0.490 e. The minimum atomic E-state index is -0.598. The number of hydrogen-bond acceptors (Lipinski definition) is 4. The van der Waals surface area contributed by atoms with Crippen LogP contribution in [0.2, 0.25) is 10.0 Å². The number of nitrogens with one attached hydrogen (secondary N) is 1. The van der Waals surface area contributed by atoms with Crippen molar-refractivity contribution in [3.63, 3.8) is 0 Å². The molecule has 0 saturated carbocycles. The van der Waals surface area contributed by atoms with Gasteiger partial charge >= 0.3 is 0 Å². The molecule has 3 aromatic carbocycles. The molecule has 0 heterocycles. The summed E-state index contributed by atoms with van der Waals surface area (Å²) in [6.45, 7) is 4.74. The minimum Gasteiger partial charge on any atom is -0.490 e. The molecule has 3 aromatic rings. The van der Waals surface area contributed by atoms with Gasteiger partial charge in [0.05, 0.1) is 20.9 Å². The second-order valence-corrected chi connectivity index (χ2v) is 9.23. The fraction of sp³-hybridized carbons (Fsp3) is 0.154. The van der Waals surface area contributed by atoms with Crippen molar-refractivity contribution >= 4 is 63.5 Å². The third kappa shape index (κ3) is 6.66. The summed E-state index contributed by atoms with van der Waals surface area (Å²) < 4.78 is 12.7. The molecule has 0 saturated heterocycles. The average Bonchev–Trinajstić information content (AvgIpc) is 2.80. The van der Waals surface area contributed by atoms with E-state index in [0.717, 1.165) is 14.7 Å². The Labute approximate surface area is 222 Å². The van der Waals surface area contributed by atoms with E-state index in [1.807, 2.05) is 50.2 Å². The number of nitriles is 1. The van der Waals surface area contributed by atoms with Gasteiger partial charge in [0, 0.05) is 5.02 Å². The van der Waals surface area contributed by atoms with Crippen LogP contribution in [0.25, 0.3) is 6.08 Å². The quantitative estimate of drug-likeness (QED) is 0.164. The summed E-state index contributed by atoms with van der Waals surface area (Å²) in [5, 5.41) is 13.0. The maximum Gasteiger partial charge on any atom is 0.266 e. The molecule has 0 aliphatic rings. The summed E-state index contributed by atoms with van der Waals surface area (Å²) in [7, 11) is 0. The second-order valence-electron chi connectivity index (χ2n) is 7.23. The number of aryl methyl sites for hydroxylation is 1. The number of ether oxygens (including phenoxy) is 2. The molecular formula is C26H21Cl2IN2O3. The van der Waals surface area contributed by atoms with Crippen LogP contribution >= 0.6 is 45.8 Å². The van der Waals surface area contributed by atoms with Gasteiger partial charge in [-0.25, -0.2) is 0 Å². The zero-order valence-electron chi connectivity index (χ0n) is 18.5. The van der Waals surface area contributed by atoms with Gasteiger partial charge in [-0.15, -0.1) is 0 Å². The van der Waals surface area contributed by atoms with E-state index in [1.54, 1.807) is 18.2 Å². The lowest BCUT2D eigenvalue weighted by Crippen LogP contribution is -2.13. The van der Waals surface area contributed by atoms with E-state index >= 15 is 0 Å². The standard InChI is InChI=1S/C26H21Cl2IN2O3/c1-3-33-24-12-17(11-22(29)25(24)34-15-18-7-5-4-6-16(18)2)10-19(14-30)26(32)31-23-13-20(27)8-9-21(23)28/h4-13H,3,15H2,1-2H3,(H,31,32)/b19-10+. The maximum atomic E-state index is 12.7. The van der Waals surface area contributed by atoms with Crippen LogP contribution in [0.1, 0.15) is 23.6 Å². The molecule has 34 heavy (non-hydrogen) atoms. The number of nitrogens with zero attached hydrogens (tertiary/aromatic N) is 1. The van der Waals surface area contributed by atoms with E-state index < -0.39 is 5.91 Å². The summed E-state index contributed by atoms with van der Waals surface area (Å²) in [6.07, 6.45) is 1.49. The number of amides is 1. The summed E-state index contributed by atoms with van der Waals surface area (Å²) in [6, 6.07) is 18.2. The Morgan fingerprint density at radius 2 is 1.91 bits per heavy atom. The van der Waals surface area contributed by atoms with Crippen LogP contribution in [0, 0.1) is 21.8 Å². The zero-order valence-corrected chi connectivity index (χ0v) is 22.2. The lowest BCUT2D eigenvalue weighted by Gasteiger charge is -2.16. The Balaban J connectivity index is 1.87. The van der Waals surface area contributed by atoms with Crippen molar-refractivity contribution in [2.75, 3.05) is 11.9 Å². The highest BCUT2D eigenvalue weighted by Gasteiger charge is 2.16. The predicted molar refractivity (Wildman–Crippen MR) is 145 cm³/mol. The smallest absolute Gasteiger partial charge is 0.266 e. The number of halogens is 3. The molecule has 0 radical (unpaired) electrons. The van der Waals surface area contributed by atoms with Gasteiger partial charge in [0.15, 0.2) is 11.5 Å². The molecule has 0 fully saturated rings. The van der Waals surface area contributed by atoms with Crippen LogP contribution in [-0.2, 0) is 11.4 Å². The molecule has 0 spiro atoms. The molecule has 174 valence electrons. The predicted octanol–water partition coefficient (Wildman–Crippen LogP) is 7.43. The van der Waals surface area contributed by atoms with Crippen molar-refractivity contribution in [3.05, 3.63) is 90.5 Å². The maximum absolute atomic E-state index is 12.7. The first kappa shape index (κ1) is 25.9. The van der Waals surface area contributed by atoms with Crippen LogP contribution in [0.15, 0.2) is 60.2 Å². The van der Waals surface area contributed by atoms with Gasteiger partial charge in [0.25, 0.3) is 5.91 Å². The summed E-state index contributed by atoms with van der Waals surface area (Å²) in [5.74, 6) is 0.542. The number of hydrogen-bond donors (Lipinski definition) is 1. The molecule has 0 aliphatic heterocycles. The molecule has 8 heteroatoms. The molecule has 1 N–H and O–H groups in total. The zero-order chi connectivity index (χ0) is 24.7. The van der Waals surface area contributed by atoms with Crippen molar-refractivity contribution in [3.8, 4) is 17.6 Å². The number of benzene rings is 3. The van der Waals surface area contributed by atoms with Gasteiger partial charge < -0.3 is 14.8 Å². The van der Waals surface area contributed by atoms with Gasteiger partial charge in [0.2, 0.25) is 0 Å². The number of rotatable bonds is 8. The van der Waals surface area contributed by atoms with Gasteiger partial charge in [-0.2, -0.15) is 5.26 Å². The van der Waals surface area contributed by atoms with Crippen LogP contribution < -0.4 is 14.8 Å². The molecule has 0 aromatic heterocycles. The van der Waals surface area contributed by atoms with Crippen molar-refractivity contribution in [1.82, 2.24) is 0 Å². The number of anilines is 1. The monoisotopic (exact) mass is 606 g/mol. The van der Waals surface area contributed by atoms with Crippen LogP contribution in [0.3, 0.4) is 0 Å². The highest BCUT2D eigenvalue weighted by atomic mass is 127. The van der Waals surface area contributed by atoms with E-state index in [1.165, 1.54) is 12.1 Å². The second kappa shape index (κ2) is 12.1. The third-order valence-corrected chi connectivity index (χ3v) is 6.18. The molecule has 3 rings (SSSR count). The normalized spacial score (nSPS) is 11.0. The van der Waals surface area contributed by atoms with Gasteiger partial charge in [-0.1, -0.05) is 47.5 Å². The van der Waals surface area contributed by atoms with Gasteiger partial charge in [0.1, 0.15) is 18.2 Å². The van der Waals surface area contributed by atoms with E-state index in [0.29, 0.717) is 46.0 Å². The lowest BCUT2D eigenvalue weighted by atomic mass is 10.1. The number of carbonyl (C=O) groups is 1. The van der Waals surface area contributed by atoms with Crippen molar-refractivity contribution in [2.24, 2.45) is 0 Å². The first-order valence-corrected chi connectivity index (χ1v) is 12.2. The number of carbonyl (C=O) groups excluding carboxylic acids is 1. The first-order valence-electron chi connectivity index (χ1n) is 10.3. The Morgan fingerprint density at radius 3 is 2.62 bits per heavy atom. The summed E-state index contributed by atoms with van der Waals surface area (Å²) in [5.41, 5.74) is 3.07. The molecule has 0 bridgehead atoms. The van der Waals surface area contributed by atoms with Crippen molar-refractivity contribution < 1.29 is 14.3 Å². The van der Waals surface area contributed by atoms with Crippen molar-refractivity contribution in [2.45, 2.75) is 20.5 Å². The first-order chi connectivity index (χ1) is 16.3. The highest BCUT2D eigenvalue weighted by molar-refractivity contribution is 14.1. The Morgan fingerprint density at radius 1 is 1.15 bits per heavy atom. The highest BCUT2D eigenvalue weighted by Crippen LogP contribution is 2.36. The molecule has 0 unspecified atom stereocenters. The lowest BCUT2D eigenvalue weighted by molar-refractivity contribution is -0.112. The van der Waals surface area contributed by atoms with Crippen LogP contribution in [-0.4, -0.2) is 12.5 Å². The van der Waals surface area contributed by atoms with Gasteiger partial charge in [-0.3, -0.25) is 4.79 Å². The van der Waals surface area contributed by atoms with E-state index in [-0.39, 0.29) is 5.57 Å². The molecule has 0 atom stereocenters. The fourth-order valence-electron chi connectivity index (χ4n) is 3.09. The topological polar surface area (TPSA) is 71.3 Å². The molecule has 0 aliphatic carbocycles. The van der Waals surface area contributed by atoms with Crippen LogP contribution in [0.5, 0.6) is 11.5 Å². The van der Waals surface area contributed by atoms with Gasteiger partial charge in [-0.05, 0) is 89.5 Å². The van der Waals surface area contributed by atoms with Crippen LogP contribution in [0.4, 0.5) is 5.69 Å². The molecule has 5 nitrogen and oxygen atoms in total. The Hall–Kier alpha value is -2.73. The van der Waals surface area contributed by atoms with Crippen molar-refractivity contribution in [1.29, 1.82) is 5.26 Å². The fourth-order valence-corrected chi connectivity index (χ4v) is 4.21. The molecule has 1 amide bonds. The summed E-state index contributed by atoms with van der Waals surface area (Å²) in [4.78, 5) is 12.7. The summed E-state index contributed by atoms with van der Waals surface area (Å²) >= 11 is 14.3. The molecular weight excluding hydrogens is 586 g/mol. The Kier molecular flexibility index (Phi) is 9.22. The third-order valence-electron chi connectivity index (χ3n) is 4.82. The Bertz CT molecular complexity index is 1290.